The van der Waals surface area contributed by atoms with Crippen molar-refractivity contribution < 1.29 is 18.7 Å². The molecule has 2 N–H and O–H groups in total. The van der Waals surface area contributed by atoms with Crippen molar-refractivity contribution in [2.24, 2.45) is 5.92 Å². The van der Waals surface area contributed by atoms with Crippen LogP contribution in [0.3, 0.4) is 0 Å². The van der Waals surface area contributed by atoms with Crippen molar-refractivity contribution in [3.63, 3.8) is 0 Å². The Hall–Kier alpha value is -3.22. The van der Waals surface area contributed by atoms with Crippen molar-refractivity contribution in [2.75, 3.05) is 0 Å². The van der Waals surface area contributed by atoms with Crippen LogP contribution >= 0.6 is 0 Å². The molecule has 0 spiro atoms. The van der Waals surface area contributed by atoms with Crippen molar-refractivity contribution in [3.05, 3.63) is 59.4 Å². The van der Waals surface area contributed by atoms with E-state index < -0.39 is 11.9 Å². The number of fused-ring (bicyclic) bond motifs is 2. The molecular formula is C23H21F2N3O2. The molecule has 1 fully saturated rings. The van der Waals surface area contributed by atoms with Crippen molar-refractivity contribution >= 4 is 27.8 Å². The van der Waals surface area contributed by atoms with Crippen LogP contribution in [0.15, 0.2) is 36.5 Å². The van der Waals surface area contributed by atoms with E-state index in [9.17, 15) is 14.3 Å². The first-order valence-corrected chi connectivity index (χ1v) is 10.0. The predicted octanol–water partition coefficient (Wildman–Crippen LogP) is 5.49. The molecule has 0 radical (unpaired) electrons. The lowest BCUT2D eigenvalue weighted by Gasteiger charge is -2.34. The molecule has 0 saturated heterocycles. The van der Waals surface area contributed by atoms with Gasteiger partial charge < -0.3 is 9.67 Å². The highest BCUT2D eigenvalue weighted by Crippen LogP contribution is 2.49. The molecule has 1 aliphatic rings. The average molecular weight is 409 g/mol. The summed E-state index contributed by atoms with van der Waals surface area (Å²) in [5.41, 5.74) is 3.56. The minimum absolute atomic E-state index is 0.0393. The number of aromatic nitrogens is 3. The number of carboxylic acids is 1. The number of nitrogens with one attached hydrogen (secondary N) is 1. The number of H-pyrrole nitrogens is 1. The highest BCUT2D eigenvalue weighted by Gasteiger charge is 2.40. The van der Waals surface area contributed by atoms with Gasteiger partial charge in [0.2, 0.25) is 0 Å². The molecule has 2 heterocycles. The number of aliphatic carboxylic acids is 1. The number of rotatable bonds is 4. The van der Waals surface area contributed by atoms with Crippen LogP contribution in [0.2, 0.25) is 0 Å². The zero-order valence-electron chi connectivity index (χ0n) is 16.6. The minimum Gasteiger partial charge on any atom is -0.481 e. The van der Waals surface area contributed by atoms with Crippen LogP contribution in [0.5, 0.6) is 0 Å². The molecule has 2 aromatic carbocycles. The summed E-state index contributed by atoms with van der Waals surface area (Å²) in [7, 11) is 0. The first-order valence-electron chi connectivity index (χ1n) is 10.0. The van der Waals surface area contributed by atoms with E-state index in [1.165, 1.54) is 12.1 Å². The monoisotopic (exact) mass is 409 g/mol. The second kappa shape index (κ2) is 6.65. The number of nitrogens with zero attached hydrogens (tertiary/aromatic N) is 2. The van der Waals surface area contributed by atoms with Crippen molar-refractivity contribution in [1.29, 1.82) is 0 Å². The second-order valence-corrected chi connectivity index (χ2v) is 8.39. The van der Waals surface area contributed by atoms with Gasteiger partial charge in [0.25, 0.3) is 0 Å². The quantitative estimate of drug-likeness (QED) is 0.468. The number of carbonyl (C=O) groups is 1. The summed E-state index contributed by atoms with van der Waals surface area (Å²) in [5.74, 6) is -1.92. The van der Waals surface area contributed by atoms with Gasteiger partial charge in [-0.2, -0.15) is 5.10 Å². The van der Waals surface area contributed by atoms with Gasteiger partial charge in [-0.3, -0.25) is 9.89 Å². The number of hydrogen-bond donors (Lipinski definition) is 2. The number of carboxylic acid groups (broad SMARTS) is 1. The molecule has 7 heteroatoms. The van der Waals surface area contributed by atoms with Crippen molar-refractivity contribution in [2.45, 2.75) is 38.5 Å². The largest absolute Gasteiger partial charge is 0.481 e. The van der Waals surface area contributed by atoms with Crippen molar-refractivity contribution in [3.8, 4) is 5.69 Å². The number of aromatic amines is 1. The predicted molar refractivity (Wildman–Crippen MR) is 110 cm³/mol. The Kier molecular flexibility index (Phi) is 4.17. The Morgan fingerprint density at radius 3 is 2.57 bits per heavy atom. The van der Waals surface area contributed by atoms with Crippen LogP contribution < -0.4 is 0 Å². The maximum absolute atomic E-state index is 15.7. The van der Waals surface area contributed by atoms with E-state index in [1.807, 2.05) is 24.5 Å². The third-order valence-corrected chi connectivity index (χ3v) is 6.21. The van der Waals surface area contributed by atoms with Gasteiger partial charge in [-0.1, -0.05) is 13.8 Å². The molecule has 0 unspecified atom stereocenters. The first kappa shape index (κ1) is 18.8. The van der Waals surface area contributed by atoms with Gasteiger partial charge in [-0.05, 0) is 60.6 Å². The molecule has 30 heavy (non-hydrogen) atoms. The lowest BCUT2D eigenvalue weighted by molar-refractivity contribution is -0.145. The van der Waals surface area contributed by atoms with Gasteiger partial charge >= 0.3 is 5.97 Å². The third kappa shape index (κ3) is 2.65. The van der Waals surface area contributed by atoms with Crippen LogP contribution in [-0.2, 0) is 4.79 Å². The average Bonchev–Trinajstić information content (AvgIpc) is 3.25. The van der Waals surface area contributed by atoms with E-state index in [-0.39, 0.29) is 23.5 Å². The molecule has 4 aromatic rings. The molecule has 0 aliphatic heterocycles. The fourth-order valence-corrected chi connectivity index (χ4v) is 4.75. The van der Waals surface area contributed by atoms with Crippen LogP contribution in [-0.4, -0.2) is 25.8 Å². The lowest BCUT2D eigenvalue weighted by Crippen LogP contribution is -2.29. The van der Waals surface area contributed by atoms with Crippen LogP contribution in [0.1, 0.15) is 49.8 Å². The Morgan fingerprint density at radius 2 is 1.93 bits per heavy atom. The number of hydrogen-bond acceptors (Lipinski definition) is 2. The highest BCUT2D eigenvalue weighted by molar-refractivity contribution is 6.00. The fourth-order valence-electron chi connectivity index (χ4n) is 4.75. The molecule has 0 bridgehead atoms. The molecule has 1 saturated carbocycles. The van der Waals surface area contributed by atoms with Crippen LogP contribution in [0.25, 0.3) is 27.5 Å². The topological polar surface area (TPSA) is 70.9 Å². The van der Waals surface area contributed by atoms with Crippen molar-refractivity contribution in [1.82, 2.24) is 14.8 Å². The van der Waals surface area contributed by atoms with E-state index in [4.69, 9.17) is 0 Å². The molecule has 1 aliphatic carbocycles. The number of benzene rings is 2. The third-order valence-electron chi connectivity index (χ3n) is 6.21. The smallest absolute Gasteiger partial charge is 0.306 e. The van der Waals surface area contributed by atoms with Crippen LogP contribution in [0, 0.1) is 17.6 Å². The Balaban J connectivity index is 1.85. The second-order valence-electron chi connectivity index (χ2n) is 8.39. The van der Waals surface area contributed by atoms with Gasteiger partial charge in [0, 0.05) is 22.2 Å². The van der Waals surface area contributed by atoms with E-state index >= 15 is 4.39 Å². The summed E-state index contributed by atoms with van der Waals surface area (Å²) < 4.78 is 31.3. The van der Waals surface area contributed by atoms with E-state index in [0.717, 1.165) is 16.9 Å². The highest BCUT2D eigenvalue weighted by atomic mass is 19.1. The van der Waals surface area contributed by atoms with Gasteiger partial charge in [-0.15, -0.1) is 0 Å². The Labute approximate surface area is 171 Å². The SMILES string of the molecule is CC(C)c1c([C@H]2C[C@H](C(=O)O)C2)c2c(F)c3[nH]ncc3cc2n1-c1ccc(F)cc1. The maximum atomic E-state index is 15.7. The van der Waals surface area contributed by atoms with Gasteiger partial charge in [0.15, 0.2) is 5.82 Å². The number of halogens is 2. The van der Waals surface area contributed by atoms with Crippen LogP contribution in [0.4, 0.5) is 8.78 Å². The molecule has 154 valence electrons. The summed E-state index contributed by atoms with van der Waals surface area (Å²) >= 11 is 0. The minimum atomic E-state index is -0.809. The first-order chi connectivity index (χ1) is 14.4. The molecule has 2 aromatic heterocycles. The zero-order chi connectivity index (χ0) is 21.2. The summed E-state index contributed by atoms with van der Waals surface area (Å²) in [4.78, 5) is 11.4. The van der Waals surface area contributed by atoms with E-state index in [2.05, 4.69) is 10.2 Å². The summed E-state index contributed by atoms with van der Waals surface area (Å²) in [5, 5.41) is 17.2. The molecule has 0 atom stereocenters. The Bertz CT molecular complexity index is 1280. The molecule has 5 rings (SSSR count). The van der Waals surface area contributed by atoms with E-state index in [1.54, 1.807) is 18.3 Å². The Morgan fingerprint density at radius 1 is 1.23 bits per heavy atom. The molecular weight excluding hydrogens is 388 g/mol. The standard InChI is InChI=1S/C23H21F2N3O2/c1-11(2)22-18(12-7-13(8-12)23(29)30)19-17(9-14-10-26-27-21(14)20(19)25)28(22)16-5-3-15(24)4-6-16/h3-6,9-13H,7-8H2,1-2H3,(H,26,27)(H,29,30)/t12-,13-. The van der Waals surface area contributed by atoms with Gasteiger partial charge in [-0.25, -0.2) is 8.78 Å². The molecule has 5 nitrogen and oxygen atoms in total. The summed E-state index contributed by atoms with van der Waals surface area (Å²) in [6.07, 6.45) is 2.55. The normalized spacial score (nSPS) is 19.0. The summed E-state index contributed by atoms with van der Waals surface area (Å²) in [6.45, 7) is 4.08. The van der Waals surface area contributed by atoms with Gasteiger partial charge in [0.05, 0.1) is 17.6 Å². The fraction of sp³-hybridized carbons (Fsp3) is 0.304. The summed E-state index contributed by atoms with van der Waals surface area (Å²) in [6, 6.07) is 8.04. The lowest BCUT2D eigenvalue weighted by atomic mass is 9.70. The molecule has 0 amide bonds. The zero-order valence-corrected chi connectivity index (χ0v) is 16.6. The van der Waals surface area contributed by atoms with E-state index in [0.29, 0.717) is 34.6 Å². The maximum Gasteiger partial charge on any atom is 0.306 e. The van der Waals surface area contributed by atoms with Gasteiger partial charge in [0.1, 0.15) is 11.3 Å².